The van der Waals surface area contributed by atoms with Crippen LogP contribution in [0.4, 0.5) is 0 Å². The fourth-order valence-corrected chi connectivity index (χ4v) is 2.39. The Labute approximate surface area is 73.6 Å². The van der Waals surface area contributed by atoms with Gasteiger partial charge in [-0.05, 0) is 12.3 Å². The van der Waals surface area contributed by atoms with E-state index in [1.165, 1.54) is 10.6 Å². The zero-order valence-corrected chi connectivity index (χ0v) is 8.30. The molecule has 1 atom stereocenters. The Kier molecular flexibility index (Phi) is 3.09. The monoisotopic (exact) mass is 193 g/mol. The Morgan fingerprint density at radius 1 is 1.58 bits per heavy atom. The van der Waals surface area contributed by atoms with Gasteiger partial charge in [0.05, 0.1) is 12.9 Å². The van der Waals surface area contributed by atoms with Gasteiger partial charge in [-0.1, -0.05) is 0 Å². The molecule has 5 heteroatoms. The molecule has 0 aromatic carbocycles. The number of ether oxygens (including phenoxy) is 1. The molecule has 0 aromatic rings. The Bertz CT molecular complexity index is 237. The lowest BCUT2D eigenvalue weighted by molar-refractivity contribution is 0.157. The number of methoxy groups -OCH3 is 1. The molecule has 1 aliphatic rings. The highest BCUT2D eigenvalue weighted by atomic mass is 32.2. The van der Waals surface area contributed by atoms with Crippen LogP contribution in [-0.4, -0.2) is 45.8 Å². The van der Waals surface area contributed by atoms with Gasteiger partial charge in [-0.25, -0.2) is 12.7 Å². The number of hydrogen-bond donors (Lipinski definition) is 0. The average Bonchev–Trinajstić information content (AvgIpc) is 2.35. The van der Waals surface area contributed by atoms with Crippen LogP contribution in [0, 0.1) is 5.92 Å². The molecule has 0 saturated carbocycles. The predicted octanol–water partition coefficient (Wildman–Crippen LogP) is -0.0857. The van der Waals surface area contributed by atoms with Crippen molar-refractivity contribution in [1.82, 2.24) is 4.31 Å². The van der Waals surface area contributed by atoms with Crippen LogP contribution in [0.25, 0.3) is 0 Å². The standard InChI is InChI=1S/C7H15NO3S/c1-11-6-7-3-4-8(5-7)12(2,9)10/h7H,3-6H2,1-2H3. The molecule has 1 rings (SSSR count). The van der Waals surface area contributed by atoms with Crippen molar-refractivity contribution in [2.24, 2.45) is 5.92 Å². The van der Waals surface area contributed by atoms with Crippen molar-refractivity contribution in [3.05, 3.63) is 0 Å². The third-order valence-electron chi connectivity index (χ3n) is 2.12. The fraction of sp³-hybridized carbons (Fsp3) is 1.00. The van der Waals surface area contributed by atoms with Crippen molar-refractivity contribution in [3.63, 3.8) is 0 Å². The molecule has 0 amide bonds. The highest BCUT2D eigenvalue weighted by Crippen LogP contribution is 2.18. The van der Waals surface area contributed by atoms with Gasteiger partial charge in [0.15, 0.2) is 0 Å². The number of sulfonamides is 1. The summed E-state index contributed by atoms with van der Waals surface area (Å²) in [4.78, 5) is 0. The first-order chi connectivity index (χ1) is 5.54. The quantitative estimate of drug-likeness (QED) is 0.629. The smallest absolute Gasteiger partial charge is 0.211 e. The van der Waals surface area contributed by atoms with E-state index in [1.54, 1.807) is 7.11 Å². The van der Waals surface area contributed by atoms with Crippen molar-refractivity contribution in [3.8, 4) is 0 Å². The maximum atomic E-state index is 11.1. The first-order valence-electron chi connectivity index (χ1n) is 3.98. The van der Waals surface area contributed by atoms with Crippen LogP contribution >= 0.6 is 0 Å². The molecule has 72 valence electrons. The second-order valence-electron chi connectivity index (χ2n) is 3.23. The van der Waals surface area contributed by atoms with Crippen LogP contribution in [-0.2, 0) is 14.8 Å². The summed E-state index contributed by atoms with van der Waals surface area (Å²) in [5.41, 5.74) is 0. The first kappa shape index (κ1) is 9.95. The van der Waals surface area contributed by atoms with Crippen molar-refractivity contribution in [2.75, 3.05) is 33.1 Å². The number of nitrogens with zero attached hydrogens (tertiary/aromatic N) is 1. The number of rotatable bonds is 3. The van der Waals surface area contributed by atoms with Crippen molar-refractivity contribution < 1.29 is 13.2 Å². The largest absolute Gasteiger partial charge is 0.384 e. The van der Waals surface area contributed by atoms with Gasteiger partial charge in [0.2, 0.25) is 10.0 Å². The molecule has 12 heavy (non-hydrogen) atoms. The minimum Gasteiger partial charge on any atom is -0.384 e. The summed E-state index contributed by atoms with van der Waals surface area (Å²) in [6, 6.07) is 0. The lowest BCUT2D eigenvalue weighted by atomic mass is 10.1. The van der Waals surface area contributed by atoms with Crippen molar-refractivity contribution in [1.29, 1.82) is 0 Å². The van der Waals surface area contributed by atoms with Crippen LogP contribution in [0.2, 0.25) is 0 Å². The Balaban J connectivity index is 2.46. The van der Waals surface area contributed by atoms with E-state index in [0.29, 0.717) is 25.6 Å². The van der Waals surface area contributed by atoms with Gasteiger partial charge in [0, 0.05) is 20.2 Å². The maximum absolute atomic E-state index is 11.1. The SMILES string of the molecule is COCC1CCN(S(C)(=O)=O)C1. The van der Waals surface area contributed by atoms with E-state index in [9.17, 15) is 8.42 Å². The topological polar surface area (TPSA) is 46.6 Å². The summed E-state index contributed by atoms with van der Waals surface area (Å²) in [5.74, 6) is 0.379. The lowest BCUT2D eigenvalue weighted by Gasteiger charge is -2.12. The Morgan fingerprint density at radius 3 is 2.67 bits per heavy atom. The number of hydrogen-bond acceptors (Lipinski definition) is 3. The first-order valence-corrected chi connectivity index (χ1v) is 5.83. The highest BCUT2D eigenvalue weighted by molar-refractivity contribution is 7.88. The molecule has 0 aliphatic carbocycles. The molecule has 0 N–H and O–H groups in total. The summed E-state index contributed by atoms with van der Waals surface area (Å²) >= 11 is 0. The zero-order valence-electron chi connectivity index (χ0n) is 7.49. The summed E-state index contributed by atoms with van der Waals surface area (Å²) in [6.45, 7) is 1.92. The molecule has 1 aliphatic heterocycles. The molecule has 4 nitrogen and oxygen atoms in total. The summed E-state index contributed by atoms with van der Waals surface area (Å²) in [7, 11) is -1.33. The van der Waals surface area contributed by atoms with Crippen LogP contribution in [0.15, 0.2) is 0 Å². The van der Waals surface area contributed by atoms with E-state index < -0.39 is 10.0 Å². The lowest BCUT2D eigenvalue weighted by Crippen LogP contribution is -2.28. The third-order valence-corrected chi connectivity index (χ3v) is 3.39. The van der Waals surface area contributed by atoms with Crippen molar-refractivity contribution in [2.45, 2.75) is 6.42 Å². The molecule has 0 aromatic heterocycles. The minimum absolute atomic E-state index is 0.379. The summed E-state index contributed by atoms with van der Waals surface area (Å²) in [5, 5.41) is 0. The normalized spacial score (nSPS) is 26.3. The molecule has 1 unspecified atom stereocenters. The molecule has 1 heterocycles. The van der Waals surface area contributed by atoms with E-state index in [1.807, 2.05) is 0 Å². The molecule has 0 radical (unpaired) electrons. The zero-order chi connectivity index (χ0) is 9.19. The molecule has 1 saturated heterocycles. The van der Waals surface area contributed by atoms with Gasteiger partial charge in [-0.15, -0.1) is 0 Å². The van der Waals surface area contributed by atoms with Gasteiger partial charge >= 0.3 is 0 Å². The van der Waals surface area contributed by atoms with E-state index in [2.05, 4.69) is 0 Å². The molecule has 0 spiro atoms. The second kappa shape index (κ2) is 3.72. The predicted molar refractivity (Wildman–Crippen MR) is 46.4 cm³/mol. The van der Waals surface area contributed by atoms with Crippen LogP contribution in [0.3, 0.4) is 0 Å². The van der Waals surface area contributed by atoms with E-state index in [4.69, 9.17) is 4.74 Å². The van der Waals surface area contributed by atoms with E-state index >= 15 is 0 Å². The van der Waals surface area contributed by atoms with Gasteiger partial charge in [0.25, 0.3) is 0 Å². The summed E-state index contributed by atoms with van der Waals surface area (Å²) in [6.07, 6.45) is 2.17. The van der Waals surface area contributed by atoms with E-state index in [0.717, 1.165) is 6.42 Å². The van der Waals surface area contributed by atoms with Crippen LogP contribution < -0.4 is 0 Å². The second-order valence-corrected chi connectivity index (χ2v) is 5.21. The van der Waals surface area contributed by atoms with Gasteiger partial charge in [-0.3, -0.25) is 0 Å². The third kappa shape index (κ3) is 2.43. The fourth-order valence-electron chi connectivity index (χ4n) is 1.47. The Morgan fingerprint density at radius 2 is 2.25 bits per heavy atom. The van der Waals surface area contributed by atoms with Gasteiger partial charge in [-0.2, -0.15) is 0 Å². The summed E-state index contributed by atoms with van der Waals surface area (Å²) < 4.78 is 28.6. The van der Waals surface area contributed by atoms with Gasteiger partial charge < -0.3 is 4.74 Å². The van der Waals surface area contributed by atoms with Crippen molar-refractivity contribution >= 4 is 10.0 Å². The Hall–Kier alpha value is -0.130. The maximum Gasteiger partial charge on any atom is 0.211 e. The minimum atomic E-state index is -2.98. The van der Waals surface area contributed by atoms with Crippen LogP contribution in [0.1, 0.15) is 6.42 Å². The average molecular weight is 193 g/mol. The molecule has 1 fully saturated rings. The highest BCUT2D eigenvalue weighted by Gasteiger charge is 2.27. The van der Waals surface area contributed by atoms with E-state index in [-0.39, 0.29) is 0 Å². The van der Waals surface area contributed by atoms with Crippen LogP contribution in [0.5, 0.6) is 0 Å². The molecular weight excluding hydrogens is 178 g/mol. The molecule has 0 bridgehead atoms. The van der Waals surface area contributed by atoms with Gasteiger partial charge in [0.1, 0.15) is 0 Å². The molecular formula is C7H15NO3S.